The number of nitrogens with zero attached hydrogens (tertiary/aromatic N) is 1. The smallest absolute Gasteiger partial charge is 0.339 e. The lowest BCUT2D eigenvalue weighted by Gasteiger charge is -2.19. The van der Waals surface area contributed by atoms with Gasteiger partial charge in [0.25, 0.3) is 0 Å². The zero-order valence-corrected chi connectivity index (χ0v) is 17.3. The minimum Gasteiger partial charge on any atom is -0.497 e. The van der Waals surface area contributed by atoms with Crippen molar-refractivity contribution in [1.29, 1.82) is 0 Å². The van der Waals surface area contributed by atoms with Gasteiger partial charge in [-0.2, -0.15) is 0 Å². The zero-order chi connectivity index (χ0) is 20.8. The van der Waals surface area contributed by atoms with Crippen molar-refractivity contribution in [3.63, 3.8) is 0 Å². The summed E-state index contributed by atoms with van der Waals surface area (Å²) in [6.45, 7) is 7.72. The summed E-state index contributed by atoms with van der Waals surface area (Å²) in [5, 5.41) is 2.98. The van der Waals surface area contributed by atoms with Crippen molar-refractivity contribution < 1.29 is 23.8 Å². The van der Waals surface area contributed by atoms with Crippen LogP contribution in [0.3, 0.4) is 0 Å². The van der Waals surface area contributed by atoms with Crippen molar-refractivity contribution in [2.75, 3.05) is 20.8 Å². The van der Waals surface area contributed by atoms with E-state index in [1.807, 2.05) is 26.0 Å². The predicted octanol–water partition coefficient (Wildman–Crippen LogP) is 3.18. The second kappa shape index (κ2) is 9.30. The fourth-order valence-electron chi connectivity index (χ4n) is 3.15. The molecule has 1 aromatic carbocycles. The molecule has 0 spiro atoms. The average molecular weight is 388 g/mol. The van der Waals surface area contributed by atoms with Crippen LogP contribution < -0.4 is 14.8 Å². The van der Waals surface area contributed by atoms with Crippen LogP contribution in [0.25, 0.3) is 0 Å². The number of methoxy groups -OCH3 is 2. The van der Waals surface area contributed by atoms with E-state index in [2.05, 4.69) is 5.32 Å². The van der Waals surface area contributed by atoms with Crippen LogP contribution in [0.2, 0.25) is 0 Å². The third kappa shape index (κ3) is 4.65. The van der Waals surface area contributed by atoms with E-state index in [1.54, 1.807) is 44.8 Å². The standard InChI is InChI=1S/C21H28N2O5/c1-7-28-21(25)18-10-13(2)23(15(18)4)12-20(24)22-14(3)17-11-16(26-5)8-9-19(17)27-6/h8-11,14H,7,12H2,1-6H3,(H,22,24)/t14-/m1/s1. The molecule has 28 heavy (non-hydrogen) atoms. The van der Waals surface area contributed by atoms with Crippen molar-refractivity contribution in [2.45, 2.75) is 40.3 Å². The highest BCUT2D eigenvalue weighted by molar-refractivity contribution is 5.91. The summed E-state index contributed by atoms with van der Waals surface area (Å²) < 4.78 is 17.5. The molecule has 0 unspecified atom stereocenters. The minimum atomic E-state index is -0.378. The van der Waals surface area contributed by atoms with E-state index >= 15 is 0 Å². The largest absolute Gasteiger partial charge is 0.497 e. The topological polar surface area (TPSA) is 78.8 Å². The molecule has 0 radical (unpaired) electrons. The number of carbonyl (C=O) groups is 2. The number of carbonyl (C=O) groups excluding carboxylic acids is 2. The highest BCUT2D eigenvalue weighted by Gasteiger charge is 2.20. The van der Waals surface area contributed by atoms with E-state index in [0.717, 1.165) is 11.3 Å². The van der Waals surface area contributed by atoms with Crippen LogP contribution in [-0.2, 0) is 16.1 Å². The maximum atomic E-state index is 12.6. The summed E-state index contributed by atoms with van der Waals surface area (Å²) in [4.78, 5) is 24.7. The molecule has 1 atom stereocenters. The van der Waals surface area contributed by atoms with Crippen LogP contribution in [0.1, 0.15) is 47.2 Å². The van der Waals surface area contributed by atoms with Gasteiger partial charge in [0.1, 0.15) is 18.0 Å². The molecule has 1 N–H and O–H groups in total. The third-order valence-electron chi connectivity index (χ3n) is 4.65. The van der Waals surface area contributed by atoms with E-state index in [9.17, 15) is 9.59 Å². The first-order valence-corrected chi connectivity index (χ1v) is 9.17. The Morgan fingerprint density at radius 2 is 1.86 bits per heavy atom. The molecule has 1 amide bonds. The number of benzene rings is 1. The van der Waals surface area contributed by atoms with Gasteiger partial charge in [0.2, 0.25) is 5.91 Å². The molecule has 1 heterocycles. The minimum absolute atomic E-state index is 0.105. The van der Waals surface area contributed by atoms with E-state index in [-0.39, 0.29) is 24.5 Å². The summed E-state index contributed by atoms with van der Waals surface area (Å²) in [7, 11) is 3.18. The van der Waals surface area contributed by atoms with Gasteiger partial charge in [0.05, 0.1) is 32.4 Å². The van der Waals surface area contributed by atoms with Crippen molar-refractivity contribution in [3.05, 3.63) is 46.8 Å². The molecule has 2 aromatic rings. The van der Waals surface area contributed by atoms with Crippen LogP contribution >= 0.6 is 0 Å². The molecule has 7 heteroatoms. The molecular formula is C21H28N2O5. The quantitative estimate of drug-likeness (QED) is 0.703. The number of amides is 1. The van der Waals surface area contributed by atoms with Gasteiger partial charge < -0.3 is 24.1 Å². The monoisotopic (exact) mass is 388 g/mol. The Morgan fingerprint density at radius 1 is 1.14 bits per heavy atom. The fraction of sp³-hybridized carbons (Fsp3) is 0.429. The van der Waals surface area contributed by atoms with Gasteiger partial charge >= 0.3 is 5.97 Å². The number of hydrogen-bond acceptors (Lipinski definition) is 5. The Kier molecular flexibility index (Phi) is 7.09. The molecule has 152 valence electrons. The average Bonchev–Trinajstić information content (AvgIpc) is 2.95. The van der Waals surface area contributed by atoms with E-state index in [4.69, 9.17) is 14.2 Å². The molecule has 2 rings (SSSR count). The van der Waals surface area contributed by atoms with E-state index < -0.39 is 0 Å². The first-order valence-electron chi connectivity index (χ1n) is 9.17. The summed E-state index contributed by atoms with van der Waals surface area (Å²) in [5.41, 5.74) is 2.83. The van der Waals surface area contributed by atoms with E-state index in [0.29, 0.717) is 29.4 Å². The first-order chi connectivity index (χ1) is 13.3. The molecule has 0 aliphatic heterocycles. The molecule has 0 saturated heterocycles. The summed E-state index contributed by atoms with van der Waals surface area (Å²) in [6, 6.07) is 6.92. The maximum Gasteiger partial charge on any atom is 0.339 e. The number of rotatable bonds is 8. The fourth-order valence-corrected chi connectivity index (χ4v) is 3.15. The maximum absolute atomic E-state index is 12.6. The Labute approximate surface area is 165 Å². The van der Waals surface area contributed by atoms with Gasteiger partial charge in [-0.25, -0.2) is 4.79 Å². The Bertz CT molecular complexity index is 857. The predicted molar refractivity (Wildman–Crippen MR) is 106 cm³/mol. The van der Waals surface area contributed by atoms with Crippen LogP contribution in [0.5, 0.6) is 11.5 Å². The molecule has 1 aromatic heterocycles. The normalized spacial score (nSPS) is 11.6. The Hall–Kier alpha value is -2.96. The van der Waals surface area contributed by atoms with Crippen molar-refractivity contribution in [1.82, 2.24) is 9.88 Å². The van der Waals surface area contributed by atoms with Crippen LogP contribution in [-0.4, -0.2) is 37.3 Å². The molecule has 0 aliphatic rings. The van der Waals surface area contributed by atoms with Gasteiger partial charge in [-0.3, -0.25) is 4.79 Å². The van der Waals surface area contributed by atoms with Gasteiger partial charge in [0, 0.05) is 17.0 Å². The van der Waals surface area contributed by atoms with Gasteiger partial charge in [-0.05, 0) is 52.0 Å². The second-order valence-electron chi connectivity index (χ2n) is 6.49. The Balaban J connectivity index is 2.16. The lowest BCUT2D eigenvalue weighted by Crippen LogP contribution is -2.31. The molecule has 0 saturated carbocycles. The molecular weight excluding hydrogens is 360 g/mol. The zero-order valence-electron chi connectivity index (χ0n) is 17.3. The van der Waals surface area contributed by atoms with Crippen molar-refractivity contribution in [3.8, 4) is 11.5 Å². The third-order valence-corrected chi connectivity index (χ3v) is 4.65. The van der Waals surface area contributed by atoms with Crippen LogP contribution in [0.4, 0.5) is 0 Å². The highest BCUT2D eigenvalue weighted by Crippen LogP contribution is 2.29. The summed E-state index contributed by atoms with van der Waals surface area (Å²) >= 11 is 0. The highest BCUT2D eigenvalue weighted by atomic mass is 16.5. The number of aryl methyl sites for hydroxylation is 1. The second-order valence-corrected chi connectivity index (χ2v) is 6.49. The number of esters is 1. The van der Waals surface area contributed by atoms with Crippen molar-refractivity contribution in [2.24, 2.45) is 0 Å². The van der Waals surface area contributed by atoms with Gasteiger partial charge in [-0.1, -0.05) is 0 Å². The van der Waals surface area contributed by atoms with Crippen molar-refractivity contribution >= 4 is 11.9 Å². The van der Waals surface area contributed by atoms with Gasteiger partial charge in [-0.15, -0.1) is 0 Å². The molecule has 0 aliphatic carbocycles. The Morgan fingerprint density at radius 3 is 2.46 bits per heavy atom. The van der Waals surface area contributed by atoms with Crippen LogP contribution in [0.15, 0.2) is 24.3 Å². The number of ether oxygens (including phenoxy) is 3. The summed E-state index contributed by atoms with van der Waals surface area (Å²) in [6.07, 6.45) is 0. The number of hydrogen-bond donors (Lipinski definition) is 1. The van der Waals surface area contributed by atoms with E-state index in [1.165, 1.54) is 0 Å². The van der Waals surface area contributed by atoms with Crippen LogP contribution in [0, 0.1) is 13.8 Å². The molecule has 0 fully saturated rings. The number of nitrogens with one attached hydrogen (secondary N) is 1. The molecule has 7 nitrogen and oxygen atoms in total. The van der Waals surface area contributed by atoms with Gasteiger partial charge in [0.15, 0.2) is 0 Å². The number of aromatic nitrogens is 1. The first kappa shape index (κ1) is 21.3. The summed E-state index contributed by atoms with van der Waals surface area (Å²) in [5.74, 6) is 0.811. The molecule has 0 bridgehead atoms. The lowest BCUT2D eigenvalue weighted by atomic mass is 10.1. The SMILES string of the molecule is CCOC(=O)c1cc(C)n(CC(=O)N[C@H](C)c2cc(OC)ccc2OC)c1C. The lowest BCUT2D eigenvalue weighted by molar-refractivity contribution is -0.122.